The number of amides is 2. The molecule has 5 N–H and O–H groups in total. The molecule has 0 saturated carbocycles. The number of carbonyl (C=O) groups excluding carboxylic acids is 2. The van der Waals surface area contributed by atoms with E-state index in [1.165, 1.54) is 0 Å². The average molecular weight is 291 g/mol. The number of rotatable bonds is 5. The number of aliphatic carboxylic acids is 1. The molecule has 0 bridgehead atoms. The highest BCUT2D eigenvalue weighted by molar-refractivity contribution is 5.97. The van der Waals surface area contributed by atoms with Crippen molar-refractivity contribution in [2.45, 2.75) is 31.7 Å². The Bertz CT molecular complexity index is 586. The van der Waals surface area contributed by atoms with Crippen molar-refractivity contribution in [1.82, 2.24) is 0 Å². The summed E-state index contributed by atoms with van der Waals surface area (Å²) in [5, 5.41) is 14.0. The van der Waals surface area contributed by atoms with Gasteiger partial charge >= 0.3 is 5.97 Å². The molecular formula is C14H17N3O4. The van der Waals surface area contributed by atoms with E-state index in [0.29, 0.717) is 18.5 Å². The van der Waals surface area contributed by atoms with E-state index >= 15 is 0 Å². The molecule has 0 aliphatic carbocycles. The van der Waals surface area contributed by atoms with Crippen LogP contribution in [0.1, 0.15) is 24.8 Å². The Morgan fingerprint density at radius 2 is 2.14 bits per heavy atom. The minimum Gasteiger partial charge on any atom is -0.481 e. The van der Waals surface area contributed by atoms with Crippen LogP contribution in [0.25, 0.3) is 0 Å². The summed E-state index contributed by atoms with van der Waals surface area (Å²) in [6, 6.07) is 4.32. The molecule has 1 aromatic carbocycles. The minimum atomic E-state index is -0.984. The van der Waals surface area contributed by atoms with Crippen LogP contribution in [0.15, 0.2) is 18.2 Å². The maximum Gasteiger partial charge on any atom is 0.303 e. The van der Waals surface area contributed by atoms with Gasteiger partial charge in [-0.2, -0.15) is 0 Å². The number of nitrogens with two attached hydrogens (primary N) is 1. The number of anilines is 2. The summed E-state index contributed by atoms with van der Waals surface area (Å²) in [5.74, 6) is -1.42. The van der Waals surface area contributed by atoms with Gasteiger partial charge in [0, 0.05) is 24.2 Å². The van der Waals surface area contributed by atoms with Crippen molar-refractivity contribution >= 4 is 29.2 Å². The number of carboxylic acid groups (broad SMARTS) is 1. The van der Waals surface area contributed by atoms with Crippen LogP contribution in [-0.4, -0.2) is 28.9 Å². The first-order valence-corrected chi connectivity index (χ1v) is 6.66. The van der Waals surface area contributed by atoms with E-state index in [-0.39, 0.29) is 18.7 Å². The van der Waals surface area contributed by atoms with Gasteiger partial charge in [-0.1, -0.05) is 0 Å². The van der Waals surface area contributed by atoms with E-state index in [4.69, 9.17) is 10.8 Å². The zero-order valence-corrected chi connectivity index (χ0v) is 11.4. The summed E-state index contributed by atoms with van der Waals surface area (Å²) >= 11 is 0. The number of benzene rings is 1. The first kappa shape index (κ1) is 15.0. The quantitative estimate of drug-likeness (QED) is 0.636. The summed E-state index contributed by atoms with van der Waals surface area (Å²) in [7, 11) is 0. The lowest BCUT2D eigenvalue weighted by Gasteiger charge is -2.18. The predicted octanol–water partition coefficient (Wildman–Crippen LogP) is 0.702. The van der Waals surface area contributed by atoms with Gasteiger partial charge in [-0.25, -0.2) is 0 Å². The van der Waals surface area contributed by atoms with Gasteiger partial charge in [-0.3, -0.25) is 14.4 Å². The molecule has 2 rings (SSSR count). The van der Waals surface area contributed by atoms with Crippen molar-refractivity contribution in [3.05, 3.63) is 23.8 Å². The van der Waals surface area contributed by atoms with Crippen molar-refractivity contribution < 1.29 is 19.5 Å². The SMILES string of the molecule is NC(CCC(=O)O)C(=O)Nc1ccc2c(c1)CCC(=O)N2. The topological polar surface area (TPSA) is 122 Å². The number of carboxylic acids is 1. The molecule has 112 valence electrons. The molecule has 1 aliphatic rings. The third-order valence-corrected chi connectivity index (χ3v) is 3.27. The summed E-state index contributed by atoms with van der Waals surface area (Å²) in [6.07, 6.45) is 0.978. The van der Waals surface area contributed by atoms with E-state index < -0.39 is 17.9 Å². The molecule has 0 spiro atoms. The van der Waals surface area contributed by atoms with E-state index in [1.807, 2.05) is 0 Å². The van der Waals surface area contributed by atoms with Gasteiger partial charge in [-0.05, 0) is 36.6 Å². The number of fused-ring (bicyclic) bond motifs is 1. The Morgan fingerprint density at radius 3 is 2.86 bits per heavy atom. The molecule has 0 fully saturated rings. The highest BCUT2D eigenvalue weighted by atomic mass is 16.4. The molecule has 1 aliphatic heterocycles. The fourth-order valence-corrected chi connectivity index (χ4v) is 2.11. The molecule has 1 aromatic rings. The monoisotopic (exact) mass is 291 g/mol. The second-order valence-electron chi connectivity index (χ2n) is 4.95. The smallest absolute Gasteiger partial charge is 0.303 e. The van der Waals surface area contributed by atoms with Crippen LogP contribution in [0, 0.1) is 0 Å². The Kier molecular flexibility index (Phi) is 4.54. The molecule has 7 nitrogen and oxygen atoms in total. The van der Waals surface area contributed by atoms with Gasteiger partial charge in [0.25, 0.3) is 0 Å². The van der Waals surface area contributed by atoms with E-state index in [1.54, 1.807) is 18.2 Å². The first-order chi connectivity index (χ1) is 9.95. The number of aryl methyl sites for hydroxylation is 1. The van der Waals surface area contributed by atoms with E-state index in [2.05, 4.69) is 10.6 Å². The molecule has 0 aromatic heterocycles. The van der Waals surface area contributed by atoms with Crippen molar-refractivity contribution in [3.8, 4) is 0 Å². The maximum absolute atomic E-state index is 11.8. The third kappa shape index (κ3) is 4.03. The molecule has 1 atom stereocenters. The summed E-state index contributed by atoms with van der Waals surface area (Å²) in [6.45, 7) is 0. The second-order valence-corrected chi connectivity index (χ2v) is 4.95. The second kappa shape index (κ2) is 6.36. The number of carbonyl (C=O) groups is 3. The van der Waals surface area contributed by atoms with Gasteiger partial charge in [0.2, 0.25) is 11.8 Å². The molecular weight excluding hydrogens is 274 g/mol. The van der Waals surface area contributed by atoms with Crippen LogP contribution >= 0.6 is 0 Å². The van der Waals surface area contributed by atoms with Crippen molar-refractivity contribution in [2.24, 2.45) is 5.73 Å². The van der Waals surface area contributed by atoms with Crippen molar-refractivity contribution in [3.63, 3.8) is 0 Å². The minimum absolute atomic E-state index is 0.0185. The van der Waals surface area contributed by atoms with Crippen molar-refractivity contribution in [1.29, 1.82) is 0 Å². The first-order valence-electron chi connectivity index (χ1n) is 6.66. The lowest BCUT2D eigenvalue weighted by Crippen LogP contribution is -2.36. The lowest BCUT2D eigenvalue weighted by atomic mass is 10.0. The molecule has 0 saturated heterocycles. The highest BCUT2D eigenvalue weighted by Gasteiger charge is 2.17. The average Bonchev–Trinajstić information content (AvgIpc) is 2.44. The summed E-state index contributed by atoms with van der Waals surface area (Å²) in [5.41, 5.74) is 7.92. The normalized spacial score (nSPS) is 14.8. The Morgan fingerprint density at radius 1 is 1.38 bits per heavy atom. The number of nitrogens with one attached hydrogen (secondary N) is 2. The molecule has 2 amide bonds. The largest absolute Gasteiger partial charge is 0.481 e. The maximum atomic E-state index is 11.8. The van der Waals surface area contributed by atoms with Crippen LogP contribution in [0.3, 0.4) is 0 Å². The van der Waals surface area contributed by atoms with E-state index in [9.17, 15) is 14.4 Å². The third-order valence-electron chi connectivity index (χ3n) is 3.27. The Balaban J connectivity index is 1.98. The van der Waals surface area contributed by atoms with Gasteiger partial charge in [0.15, 0.2) is 0 Å². The molecule has 21 heavy (non-hydrogen) atoms. The molecule has 0 radical (unpaired) electrons. The van der Waals surface area contributed by atoms with Gasteiger partial charge in [-0.15, -0.1) is 0 Å². The van der Waals surface area contributed by atoms with E-state index in [0.717, 1.165) is 11.3 Å². The molecule has 1 unspecified atom stereocenters. The van der Waals surface area contributed by atoms with Crippen LogP contribution in [0.2, 0.25) is 0 Å². The Hall–Kier alpha value is -2.41. The van der Waals surface area contributed by atoms with Crippen LogP contribution in [-0.2, 0) is 20.8 Å². The van der Waals surface area contributed by atoms with Crippen LogP contribution in [0.5, 0.6) is 0 Å². The fraction of sp³-hybridized carbons (Fsp3) is 0.357. The van der Waals surface area contributed by atoms with Crippen LogP contribution < -0.4 is 16.4 Å². The summed E-state index contributed by atoms with van der Waals surface area (Å²) in [4.78, 5) is 33.6. The fourth-order valence-electron chi connectivity index (χ4n) is 2.11. The standard InChI is InChI=1S/C14H17N3O4/c15-10(3-6-13(19)20)14(21)16-9-2-4-11-8(7-9)1-5-12(18)17-11/h2,4,7,10H,1,3,5-6,15H2,(H,16,21)(H,17,18)(H,19,20). The highest BCUT2D eigenvalue weighted by Crippen LogP contribution is 2.25. The van der Waals surface area contributed by atoms with Crippen LogP contribution in [0.4, 0.5) is 11.4 Å². The van der Waals surface area contributed by atoms with Gasteiger partial charge in [0.05, 0.1) is 6.04 Å². The molecule has 1 heterocycles. The zero-order chi connectivity index (χ0) is 15.4. The number of hydrogen-bond donors (Lipinski definition) is 4. The number of hydrogen-bond acceptors (Lipinski definition) is 4. The predicted molar refractivity (Wildman–Crippen MR) is 76.9 cm³/mol. The zero-order valence-electron chi connectivity index (χ0n) is 11.4. The van der Waals surface area contributed by atoms with Crippen molar-refractivity contribution in [2.75, 3.05) is 10.6 Å². The van der Waals surface area contributed by atoms with Gasteiger partial charge in [0.1, 0.15) is 0 Å². The van der Waals surface area contributed by atoms with Gasteiger partial charge < -0.3 is 21.5 Å². The lowest BCUT2D eigenvalue weighted by molar-refractivity contribution is -0.137. The molecule has 7 heteroatoms. The summed E-state index contributed by atoms with van der Waals surface area (Å²) < 4.78 is 0. The Labute approximate surface area is 121 Å².